The van der Waals surface area contributed by atoms with Gasteiger partial charge in [-0.1, -0.05) is 20.3 Å². The van der Waals surface area contributed by atoms with Crippen LogP contribution in [0.3, 0.4) is 0 Å². The van der Waals surface area contributed by atoms with Crippen LogP contribution >= 0.6 is 0 Å². The summed E-state index contributed by atoms with van der Waals surface area (Å²) in [7, 11) is 0. The molecule has 25 heavy (non-hydrogen) atoms. The zero-order valence-corrected chi connectivity index (χ0v) is 15.1. The minimum absolute atomic E-state index is 0.163. The van der Waals surface area contributed by atoms with Crippen LogP contribution in [0.4, 0.5) is 5.69 Å². The number of aromatic nitrogens is 2. The Bertz CT molecular complexity index is 747. The fraction of sp³-hybridized carbons (Fsp3) is 0.524. The molecule has 4 nitrogen and oxygen atoms in total. The molecule has 1 aromatic carbocycles. The number of carbonyl (C=O) groups is 1. The van der Waals surface area contributed by atoms with E-state index in [0.717, 1.165) is 29.0 Å². The number of imidazole rings is 1. The Hall–Kier alpha value is -2.10. The van der Waals surface area contributed by atoms with E-state index in [4.69, 9.17) is 0 Å². The van der Waals surface area contributed by atoms with Gasteiger partial charge in [0.1, 0.15) is 5.82 Å². The summed E-state index contributed by atoms with van der Waals surface area (Å²) in [5.41, 5.74) is 1.95. The van der Waals surface area contributed by atoms with Crippen LogP contribution in [0.15, 0.2) is 36.7 Å². The number of anilines is 1. The molecule has 1 amide bonds. The normalized spacial score (nSPS) is 24.8. The number of carbonyl (C=O) groups excluding carboxylic acids is 1. The maximum Gasteiger partial charge on any atom is 0.224 e. The van der Waals surface area contributed by atoms with E-state index in [-0.39, 0.29) is 5.91 Å². The van der Waals surface area contributed by atoms with Crippen molar-refractivity contribution in [1.82, 2.24) is 9.55 Å². The third-order valence-electron chi connectivity index (χ3n) is 5.95. The second-order valence-corrected chi connectivity index (χ2v) is 8.04. The number of hydrogen-bond acceptors (Lipinski definition) is 2. The molecule has 0 spiro atoms. The summed E-state index contributed by atoms with van der Waals surface area (Å²) in [6.45, 7) is 4.28. The minimum Gasteiger partial charge on any atom is -0.326 e. The molecule has 2 fully saturated rings. The molecule has 1 N–H and O–H groups in total. The molecule has 0 aliphatic heterocycles. The number of benzene rings is 1. The van der Waals surface area contributed by atoms with E-state index in [1.165, 1.54) is 25.7 Å². The first-order valence-corrected chi connectivity index (χ1v) is 9.53. The van der Waals surface area contributed by atoms with Gasteiger partial charge in [-0.15, -0.1) is 0 Å². The predicted molar refractivity (Wildman–Crippen MR) is 99.8 cm³/mol. The van der Waals surface area contributed by atoms with Crippen LogP contribution in [0.5, 0.6) is 0 Å². The predicted octanol–water partition coefficient (Wildman–Crippen LogP) is 4.76. The van der Waals surface area contributed by atoms with Crippen molar-refractivity contribution in [2.45, 2.75) is 51.9 Å². The molecule has 2 aliphatic carbocycles. The van der Waals surface area contributed by atoms with Gasteiger partial charge in [0, 0.05) is 36.1 Å². The molecule has 2 bridgehead atoms. The summed E-state index contributed by atoms with van der Waals surface area (Å²) in [6.07, 6.45) is 9.84. The fourth-order valence-electron chi connectivity index (χ4n) is 4.74. The number of nitrogens with zero attached hydrogens (tertiary/aromatic N) is 2. The van der Waals surface area contributed by atoms with Gasteiger partial charge in [-0.2, -0.15) is 0 Å². The van der Waals surface area contributed by atoms with Crippen LogP contribution < -0.4 is 5.32 Å². The third-order valence-corrected chi connectivity index (χ3v) is 5.95. The van der Waals surface area contributed by atoms with E-state index in [0.29, 0.717) is 18.3 Å². The van der Waals surface area contributed by atoms with Crippen molar-refractivity contribution in [2.75, 3.05) is 5.32 Å². The Labute approximate surface area is 149 Å². The standard InChI is InChI=1S/C21H27N3O/c1-14(2)21-22-9-10-24(21)19-7-5-18(6-8-19)23-20(25)13-17-12-15-3-4-16(17)11-15/h5-10,14-17H,3-4,11-13H2,1-2H3,(H,23,25)/t15-,16+,17+/m0/s1. The van der Waals surface area contributed by atoms with Gasteiger partial charge in [0.2, 0.25) is 5.91 Å². The Balaban J connectivity index is 1.39. The van der Waals surface area contributed by atoms with E-state index < -0.39 is 0 Å². The van der Waals surface area contributed by atoms with Crippen LogP contribution in [0.25, 0.3) is 5.69 Å². The highest BCUT2D eigenvalue weighted by atomic mass is 16.1. The average Bonchev–Trinajstić information content (AvgIpc) is 3.31. The summed E-state index contributed by atoms with van der Waals surface area (Å²) in [6, 6.07) is 8.05. The smallest absolute Gasteiger partial charge is 0.224 e. The molecule has 4 rings (SSSR count). The van der Waals surface area contributed by atoms with Crippen molar-refractivity contribution in [2.24, 2.45) is 17.8 Å². The van der Waals surface area contributed by atoms with Gasteiger partial charge in [-0.25, -0.2) is 4.98 Å². The van der Waals surface area contributed by atoms with Crippen molar-refractivity contribution >= 4 is 11.6 Å². The van der Waals surface area contributed by atoms with Crippen LogP contribution in [-0.2, 0) is 4.79 Å². The average molecular weight is 337 g/mol. The van der Waals surface area contributed by atoms with Crippen LogP contribution in [0.2, 0.25) is 0 Å². The Morgan fingerprint density at radius 1 is 1.24 bits per heavy atom. The summed E-state index contributed by atoms with van der Waals surface area (Å²) in [5.74, 6) is 3.89. The number of hydrogen-bond donors (Lipinski definition) is 1. The van der Waals surface area contributed by atoms with Crippen molar-refractivity contribution in [1.29, 1.82) is 0 Å². The largest absolute Gasteiger partial charge is 0.326 e. The number of fused-ring (bicyclic) bond motifs is 2. The molecule has 2 aromatic rings. The minimum atomic E-state index is 0.163. The highest BCUT2D eigenvalue weighted by Crippen LogP contribution is 2.49. The van der Waals surface area contributed by atoms with Crippen LogP contribution in [0, 0.1) is 17.8 Å². The molecule has 0 saturated heterocycles. The van der Waals surface area contributed by atoms with Crippen molar-refractivity contribution < 1.29 is 4.79 Å². The molecule has 0 unspecified atom stereocenters. The lowest BCUT2D eigenvalue weighted by Gasteiger charge is -2.21. The van der Waals surface area contributed by atoms with Gasteiger partial charge in [-0.05, 0) is 61.3 Å². The first kappa shape index (κ1) is 16.4. The molecule has 1 aromatic heterocycles. The monoisotopic (exact) mass is 337 g/mol. The quantitative estimate of drug-likeness (QED) is 0.855. The van der Waals surface area contributed by atoms with Gasteiger partial charge in [0.25, 0.3) is 0 Å². The lowest BCUT2D eigenvalue weighted by atomic mass is 9.86. The molecule has 2 aliphatic rings. The maximum atomic E-state index is 12.4. The Morgan fingerprint density at radius 3 is 2.68 bits per heavy atom. The van der Waals surface area contributed by atoms with Crippen LogP contribution in [-0.4, -0.2) is 15.5 Å². The molecule has 1 heterocycles. The molecular formula is C21H27N3O. The number of amides is 1. The van der Waals surface area contributed by atoms with E-state index in [1.807, 2.05) is 36.7 Å². The highest BCUT2D eigenvalue weighted by Gasteiger charge is 2.40. The van der Waals surface area contributed by atoms with Crippen molar-refractivity contribution in [3.8, 4) is 5.69 Å². The van der Waals surface area contributed by atoms with Gasteiger partial charge in [-0.3, -0.25) is 4.79 Å². The van der Waals surface area contributed by atoms with Crippen LogP contribution in [0.1, 0.15) is 57.7 Å². The topological polar surface area (TPSA) is 46.9 Å². The summed E-state index contributed by atoms with van der Waals surface area (Å²) in [4.78, 5) is 16.8. The molecule has 4 heteroatoms. The van der Waals surface area contributed by atoms with Gasteiger partial charge < -0.3 is 9.88 Å². The molecular weight excluding hydrogens is 310 g/mol. The third kappa shape index (κ3) is 3.35. The van der Waals surface area contributed by atoms with Gasteiger partial charge >= 0.3 is 0 Å². The first-order valence-electron chi connectivity index (χ1n) is 9.53. The number of rotatable bonds is 5. The summed E-state index contributed by atoms with van der Waals surface area (Å²) < 4.78 is 2.10. The van der Waals surface area contributed by atoms with E-state index in [2.05, 4.69) is 28.7 Å². The molecule has 132 valence electrons. The zero-order chi connectivity index (χ0) is 17.4. The second-order valence-electron chi connectivity index (χ2n) is 8.04. The van der Waals surface area contributed by atoms with E-state index >= 15 is 0 Å². The summed E-state index contributed by atoms with van der Waals surface area (Å²) in [5, 5.41) is 3.07. The van der Waals surface area contributed by atoms with E-state index in [9.17, 15) is 4.79 Å². The van der Waals surface area contributed by atoms with Crippen molar-refractivity contribution in [3.05, 3.63) is 42.5 Å². The Morgan fingerprint density at radius 2 is 2.04 bits per heavy atom. The zero-order valence-electron chi connectivity index (χ0n) is 15.1. The lowest BCUT2D eigenvalue weighted by Crippen LogP contribution is -2.20. The number of nitrogens with one attached hydrogen (secondary N) is 1. The van der Waals surface area contributed by atoms with Gasteiger partial charge in [0.15, 0.2) is 0 Å². The molecule has 0 radical (unpaired) electrons. The second kappa shape index (κ2) is 6.66. The van der Waals surface area contributed by atoms with Gasteiger partial charge in [0.05, 0.1) is 0 Å². The molecule has 3 atom stereocenters. The van der Waals surface area contributed by atoms with E-state index in [1.54, 1.807) is 0 Å². The highest BCUT2D eigenvalue weighted by molar-refractivity contribution is 5.91. The van der Waals surface area contributed by atoms with Crippen molar-refractivity contribution in [3.63, 3.8) is 0 Å². The summed E-state index contributed by atoms with van der Waals surface area (Å²) >= 11 is 0. The SMILES string of the molecule is CC(C)c1nccn1-c1ccc(NC(=O)C[C@H]2C[C@H]3CC[C@@H]2C3)cc1. The Kier molecular flexibility index (Phi) is 4.36. The maximum absolute atomic E-state index is 12.4. The lowest BCUT2D eigenvalue weighted by molar-refractivity contribution is -0.117. The first-order chi connectivity index (χ1) is 12.1. The fourth-order valence-corrected chi connectivity index (χ4v) is 4.74. The molecule has 2 saturated carbocycles.